The van der Waals surface area contributed by atoms with Crippen molar-refractivity contribution >= 4 is 97.3 Å². The van der Waals surface area contributed by atoms with Crippen LogP contribution in [0.15, 0.2) is 0 Å². The summed E-state index contributed by atoms with van der Waals surface area (Å²) in [5.74, 6) is 0. The second-order valence-electron chi connectivity index (χ2n) is 2.29. The molecule has 0 unspecified atom stereocenters. The highest BCUT2D eigenvalue weighted by Crippen LogP contribution is 1.87. The lowest BCUT2D eigenvalue weighted by Gasteiger charge is -2.18. The fourth-order valence-corrected chi connectivity index (χ4v) is 42.1. The van der Waals surface area contributed by atoms with Crippen molar-refractivity contribution in [3.8, 4) is 0 Å². The normalized spacial score (nSPS) is 24.3. The van der Waals surface area contributed by atoms with Gasteiger partial charge in [-0.1, -0.05) is 9.26 Å². The van der Waals surface area contributed by atoms with E-state index in [1.54, 1.807) is 0 Å². The summed E-state index contributed by atoms with van der Waals surface area (Å²) in [7, 11) is 12.1. The molecule has 0 N–H and O–H groups in total. The van der Waals surface area contributed by atoms with Crippen LogP contribution in [-0.2, 0) is 0 Å². The summed E-state index contributed by atoms with van der Waals surface area (Å²) in [5.41, 5.74) is 2.48. The van der Waals surface area contributed by atoms with E-state index in [4.69, 9.17) is 0 Å². The van der Waals surface area contributed by atoms with Gasteiger partial charge < -0.3 is 0 Å². The number of hydrogen-bond donors (Lipinski definition) is 0. The fourth-order valence-electron chi connectivity index (χ4n) is 0.908. The van der Waals surface area contributed by atoms with Crippen LogP contribution >= 0.6 is 0 Å². The summed E-state index contributed by atoms with van der Waals surface area (Å²) in [5, 5.41) is 0. The van der Waals surface area contributed by atoms with Gasteiger partial charge in [-0.25, -0.2) is 0 Å². The monoisotopic (exact) mass is 285 g/mol. The summed E-state index contributed by atoms with van der Waals surface area (Å²) in [6.07, 6.45) is 0. The van der Waals surface area contributed by atoms with Gasteiger partial charge in [-0.3, -0.25) is 0 Å². The molecule has 12 heteroatoms. The largest absolute Gasteiger partial charge is 0.0910 e. The highest BCUT2D eigenvalue weighted by atomic mass is 29.7. The summed E-state index contributed by atoms with van der Waals surface area (Å²) < 4.78 is 0. The molecule has 0 bridgehead atoms. The van der Waals surface area contributed by atoms with Crippen LogP contribution in [0.2, 0.25) is 0 Å². The van der Waals surface area contributed by atoms with Crippen LogP contribution < -0.4 is 0 Å². The molecule has 2 heterocycles. The van der Waals surface area contributed by atoms with Gasteiger partial charge in [-0.05, 0) is 70.6 Å². The van der Waals surface area contributed by atoms with Crippen LogP contribution in [0.1, 0.15) is 0 Å². The van der Waals surface area contributed by atoms with E-state index in [0.717, 1.165) is 0 Å². The Balaban J connectivity index is 1.69. The first kappa shape index (κ1) is 10.7. The first-order chi connectivity index (χ1) is 5.95. The highest BCUT2D eigenvalue weighted by molar-refractivity contribution is 8.01. The van der Waals surface area contributed by atoms with Crippen LogP contribution in [0.25, 0.3) is 0 Å². The summed E-state index contributed by atoms with van der Waals surface area (Å²) in [6.45, 7) is 2.57. The summed E-state index contributed by atoms with van der Waals surface area (Å²) in [6, 6.07) is 0. The molecule has 0 saturated carbocycles. The van der Waals surface area contributed by atoms with Crippen LogP contribution in [-0.4, -0.2) is 97.3 Å². The molecule has 2 rings (SSSR count). The molecule has 2 saturated heterocycles. The molecule has 2 fully saturated rings. The molecule has 45 valence electrons. The van der Waals surface area contributed by atoms with Crippen molar-refractivity contribution in [1.29, 1.82) is 0 Å². The SMILES string of the molecule is [B]1[Si][Si]B([Si]B2[Si][Si][Si][Si]2)[Si][Si]1. The zero-order chi connectivity index (χ0) is 8.23. The topological polar surface area (TPSA) is 0 Å². The lowest BCUT2D eigenvalue weighted by molar-refractivity contribution is 3.57. The molecule has 0 spiro atoms. The Morgan fingerprint density at radius 3 is 2.08 bits per heavy atom. The zero-order valence-electron chi connectivity index (χ0n) is 6.23. The van der Waals surface area contributed by atoms with Gasteiger partial charge in [0.25, 0.3) is 0 Å². The Morgan fingerprint density at radius 1 is 0.833 bits per heavy atom. The predicted molar refractivity (Wildman–Crippen MR) is 69.0 cm³/mol. The third-order valence-corrected chi connectivity index (χ3v) is 32.9. The Labute approximate surface area is 96.6 Å². The lowest BCUT2D eigenvalue weighted by Crippen LogP contribution is -2.57. The molecule has 0 aromatic rings. The minimum atomic E-state index is 1.23. The van der Waals surface area contributed by atoms with Gasteiger partial charge in [-0.15, -0.1) is 0 Å². The van der Waals surface area contributed by atoms with Crippen molar-refractivity contribution in [2.45, 2.75) is 0 Å². The second-order valence-corrected chi connectivity index (χ2v) is 24.1. The Kier molecular flexibility index (Phi) is 5.23. The maximum Gasteiger partial charge on any atom is 0.0910 e. The molecule has 0 nitrogen and oxygen atoms in total. The molecular formula is B3Si9. The predicted octanol–water partition coefficient (Wildman–Crippen LogP) is -4.57. The standard InChI is InChI=1S/B3Si9/c1-4-7-2(8-5-1)6-3-9-11-12-10-3. The maximum atomic E-state index is 2.57. The van der Waals surface area contributed by atoms with Crippen molar-refractivity contribution in [3.63, 3.8) is 0 Å². The molecule has 0 amide bonds. The van der Waals surface area contributed by atoms with Gasteiger partial charge in [0.05, 0.1) is 17.4 Å². The first-order valence-corrected chi connectivity index (χ1v) is 18.2. The molecule has 12 heavy (non-hydrogen) atoms. The van der Waals surface area contributed by atoms with E-state index < -0.39 is 0 Å². The van der Waals surface area contributed by atoms with E-state index in [0.29, 0.717) is 0 Å². The Morgan fingerprint density at radius 2 is 1.42 bits per heavy atom. The van der Waals surface area contributed by atoms with E-state index in [2.05, 4.69) is 6.46 Å². The maximum absolute atomic E-state index is 2.57. The highest BCUT2D eigenvalue weighted by Gasteiger charge is 2.27. The molecule has 0 aromatic carbocycles. The molecule has 19 radical (unpaired) electrons. The van der Waals surface area contributed by atoms with Crippen molar-refractivity contribution in [2.75, 3.05) is 0 Å². The molecular weight excluding hydrogens is 285 g/mol. The minimum Gasteiger partial charge on any atom is -0.0521 e. The fraction of sp³-hybridized carbons (Fsp3) is 0. The van der Waals surface area contributed by atoms with Crippen LogP contribution in [0.5, 0.6) is 0 Å². The lowest BCUT2D eigenvalue weighted by atomic mass is 10.6. The molecule has 0 aromatic heterocycles. The third kappa shape index (κ3) is 3.37. The van der Waals surface area contributed by atoms with Crippen LogP contribution in [0, 0.1) is 0 Å². The van der Waals surface area contributed by atoms with Gasteiger partial charge >= 0.3 is 0 Å². The van der Waals surface area contributed by atoms with E-state index >= 15 is 0 Å². The average molecular weight is 285 g/mol. The van der Waals surface area contributed by atoms with Crippen molar-refractivity contribution in [1.82, 2.24) is 0 Å². The van der Waals surface area contributed by atoms with Crippen molar-refractivity contribution in [3.05, 3.63) is 0 Å². The smallest absolute Gasteiger partial charge is 0.0521 e. The van der Waals surface area contributed by atoms with E-state index in [1.807, 2.05) is 0 Å². The van der Waals surface area contributed by atoms with E-state index in [9.17, 15) is 0 Å². The van der Waals surface area contributed by atoms with Crippen molar-refractivity contribution in [2.24, 2.45) is 0 Å². The zero-order valence-corrected chi connectivity index (χ0v) is 15.2. The average Bonchev–Trinajstić information content (AvgIpc) is 2.59. The quantitative estimate of drug-likeness (QED) is 0.448. The summed E-state index contributed by atoms with van der Waals surface area (Å²) in [4.78, 5) is 0. The van der Waals surface area contributed by atoms with Gasteiger partial charge in [0.15, 0.2) is 0 Å². The van der Waals surface area contributed by atoms with Crippen LogP contribution in [0.3, 0.4) is 0 Å². The van der Waals surface area contributed by atoms with Gasteiger partial charge in [0.2, 0.25) is 0 Å². The molecule has 2 aliphatic rings. The molecule has 0 atom stereocenters. The first-order valence-electron chi connectivity index (χ1n) is 3.56. The van der Waals surface area contributed by atoms with Gasteiger partial charge in [0.1, 0.15) is 0 Å². The van der Waals surface area contributed by atoms with Gasteiger partial charge in [-0.2, -0.15) is 0 Å². The Bertz CT molecular complexity index is 126. The number of rotatable bonds is 2. The Hall–Kier alpha value is 2.15. The number of hydrogen-bond acceptors (Lipinski definition) is 0. The van der Waals surface area contributed by atoms with Crippen LogP contribution in [0.4, 0.5) is 0 Å². The van der Waals surface area contributed by atoms with E-state index in [-0.39, 0.29) is 0 Å². The minimum absolute atomic E-state index is 1.23. The van der Waals surface area contributed by atoms with Crippen molar-refractivity contribution < 1.29 is 0 Å². The molecule has 0 aliphatic carbocycles. The summed E-state index contributed by atoms with van der Waals surface area (Å²) >= 11 is 0. The third-order valence-electron chi connectivity index (χ3n) is 1.43. The molecule has 2 aliphatic heterocycles. The second kappa shape index (κ2) is 5.89. The van der Waals surface area contributed by atoms with Gasteiger partial charge in [0, 0.05) is 0 Å². The van der Waals surface area contributed by atoms with E-state index in [1.165, 1.54) is 90.8 Å².